The second-order valence-electron chi connectivity index (χ2n) is 3.94. The van der Waals surface area contributed by atoms with Crippen molar-refractivity contribution < 1.29 is 4.79 Å². The van der Waals surface area contributed by atoms with E-state index in [2.05, 4.69) is 6.58 Å². The summed E-state index contributed by atoms with van der Waals surface area (Å²) in [5, 5.41) is 0. The van der Waals surface area contributed by atoms with Gasteiger partial charge in [-0.1, -0.05) is 12.2 Å². The van der Waals surface area contributed by atoms with Crippen LogP contribution in [0, 0.1) is 17.8 Å². The molecule has 0 aromatic rings. The normalized spacial score (nSPS) is 41.5. The molecule has 0 aliphatic heterocycles. The molecule has 1 unspecified atom stereocenters. The van der Waals surface area contributed by atoms with Crippen molar-refractivity contribution in [3.63, 3.8) is 0 Å². The summed E-state index contributed by atoms with van der Waals surface area (Å²) in [6, 6.07) is 0. The lowest BCUT2D eigenvalue weighted by atomic mass is 9.83. The third kappa shape index (κ3) is 1.03. The van der Waals surface area contributed by atoms with Gasteiger partial charge in [0.15, 0.2) is 0 Å². The van der Waals surface area contributed by atoms with Gasteiger partial charge >= 0.3 is 0 Å². The number of rotatable bonds is 1. The van der Waals surface area contributed by atoms with Gasteiger partial charge in [-0.05, 0) is 38.0 Å². The smallest absolute Gasteiger partial charge is 0.137 e. The zero-order valence-electron chi connectivity index (χ0n) is 6.97. The van der Waals surface area contributed by atoms with Crippen molar-refractivity contribution in [3.8, 4) is 0 Å². The van der Waals surface area contributed by atoms with E-state index in [-0.39, 0.29) is 5.92 Å². The maximum atomic E-state index is 11.2. The van der Waals surface area contributed by atoms with Crippen LogP contribution in [0.5, 0.6) is 0 Å². The van der Waals surface area contributed by atoms with Crippen molar-refractivity contribution in [1.29, 1.82) is 0 Å². The number of carbonyl (C=O) groups excluding carboxylic acids is 1. The second-order valence-corrected chi connectivity index (χ2v) is 3.94. The second kappa shape index (κ2) is 2.20. The molecule has 0 amide bonds. The van der Waals surface area contributed by atoms with E-state index in [9.17, 15) is 4.79 Å². The summed E-state index contributed by atoms with van der Waals surface area (Å²) in [6.07, 6.45) is 3.65. The van der Waals surface area contributed by atoms with E-state index in [4.69, 9.17) is 0 Å². The molecule has 0 bridgehead atoms. The van der Waals surface area contributed by atoms with Gasteiger partial charge in [-0.25, -0.2) is 0 Å². The van der Waals surface area contributed by atoms with Crippen LogP contribution in [0.4, 0.5) is 0 Å². The van der Waals surface area contributed by atoms with Crippen LogP contribution in [0.15, 0.2) is 12.2 Å². The van der Waals surface area contributed by atoms with E-state index in [0.717, 1.165) is 12.3 Å². The van der Waals surface area contributed by atoms with E-state index in [1.165, 1.54) is 18.4 Å². The van der Waals surface area contributed by atoms with Gasteiger partial charge in [0.05, 0.1) is 0 Å². The van der Waals surface area contributed by atoms with Gasteiger partial charge in [0, 0.05) is 5.92 Å². The monoisotopic (exact) mass is 150 g/mol. The lowest BCUT2D eigenvalue weighted by Crippen LogP contribution is -2.19. The molecule has 0 aromatic carbocycles. The zero-order chi connectivity index (χ0) is 8.01. The Kier molecular flexibility index (Phi) is 1.41. The first-order chi connectivity index (χ1) is 5.20. The van der Waals surface area contributed by atoms with E-state index >= 15 is 0 Å². The van der Waals surface area contributed by atoms with E-state index < -0.39 is 0 Å². The Morgan fingerprint density at radius 3 is 2.91 bits per heavy atom. The van der Waals surface area contributed by atoms with Gasteiger partial charge < -0.3 is 0 Å². The van der Waals surface area contributed by atoms with Crippen LogP contribution >= 0.6 is 0 Å². The van der Waals surface area contributed by atoms with Crippen LogP contribution in [-0.4, -0.2) is 5.78 Å². The van der Waals surface area contributed by atoms with Crippen molar-refractivity contribution in [2.45, 2.75) is 26.2 Å². The quantitative estimate of drug-likeness (QED) is 0.523. The highest BCUT2D eigenvalue weighted by molar-refractivity contribution is 5.82. The average Bonchev–Trinajstić information content (AvgIpc) is 2.64. The molecule has 0 aromatic heterocycles. The highest BCUT2D eigenvalue weighted by Crippen LogP contribution is 2.54. The number of hydrogen-bond donors (Lipinski definition) is 0. The van der Waals surface area contributed by atoms with Crippen molar-refractivity contribution in [3.05, 3.63) is 12.2 Å². The molecule has 2 rings (SSSR count). The Morgan fingerprint density at radius 1 is 1.64 bits per heavy atom. The zero-order valence-corrected chi connectivity index (χ0v) is 6.97. The van der Waals surface area contributed by atoms with Gasteiger partial charge in [-0.3, -0.25) is 4.79 Å². The number of fused-ring (bicyclic) bond motifs is 1. The van der Waals surface area contributed by atoms with Crippen molar-refractivity contribution >= 4 is 5.78 Å². The van der Waals surface area contributed by atoms with Gasteiger partial charge in [-0.2, -0.15) is 0 Å². The SMILES string of the molecule is C=C1CC[C@@H]2CC2[C@H]1C(C)=O. The minimum atomic E-state index is 0.230. The lowest BCUT2D eigenvalue weighted by Gasteiger charge is -2.21. The summed E-state index contributed by atoms with van der Waals surface area (Å²) in [4.78, 5) is 11.2. The Hall–Kier alpha value is -0.590. The molecule has 1 heteroatoms. The van der Waals surface area contributed by atoms with Gasteiger partial charge in [0.2, 0.25) is 0 Å². The van der Waals surface area contributed by atoms with E-state index in [1.807, 2.05) is 0 Å². The predicted octanol–water partition coefficient (Wildman–Crippen LogP) is 2.18. The van der Waals surface area contributed by atoms with Gasteiger partial charge in [0.1, 0.15) is 5.78 Å². The molecule has 0 radical (unpaired) electrons. The summed E-state index contributed by atoms with van der Waals surface area (Å²) in [5.41, 5.74) is 1.19. The van der Waals surface area contributed by atoms with Crippen molar-refractivity contribution in [2.24, 2.45) is 17.8 Å². The van der Waals surface area contributed by atoms with Crippen molar-refractivity contribution in [2.75, 3.05) is 0 Å². The number of carbonyl (C=O) groups is 1. The van der Waals surface area contributed by atoms with Crippen LogP contribution in [0.2, 0.25) is 0 Å². The molecule has 2 saturated carbocycles. The Bertz CT molecular complexity index is 217. The maximum Gasteiger partial charge on any atom is 0.137 e. The lowest BCUT2D eigenvalue weighted by molar-refractivity contribution is -0.120. The maximum absolute atomic E-state index is 11.2. The molecule has 2 fully saturated rings. The Labute approximate surface area is 67.5 Å². The van der Waals surface area contributed by atoms with Gasteiger partial charge in [0.25, 0.3) is 0 Å². The Morgan fingerprint density at radius 2 is 2.36 bits per heavy atom. The molecule has 11 heavy (non-hydrogen) atoms. The first-order valence-corrected chi connectivity index (χ1v) is 4.38. The molecule has 2 aliphatic rings. The van der Waals surface area contributed by atoms with Crippen LogP contribution in [-0.2, 0) is 4.79 Å². The van der Waals surface area contributed by atoms with E-state index in [1.54, 1.807) is 6.92 Å². The average molecular weight is 150 g/mol. The number of ketones is 1. The van der Waals surface area contributed by atoms with Gasteiger partial charge in [-0.15, -0.1) is 0 Å². The first kappa shape index (κ1) is 7.08. The fourth-order valence-corrected chi connectivity index (χ4v) is 2.43. The molecule has 60 valence electrons. The molecular weight excluding hydrogens is 136 g/mol. The minimum absolute atomic E-state index is 0.230. The number of allylic oxidation sites excluding steroid dienone is 1. The number of hydrogen-bond acceptors (Lipinski definition) is 1. The van der Waals surface area contributed by atoms with E-state index in [0.29, 0.717) is 11.7 Å². The molecule has 0 N–H and O–H groups in total. The summed E-state index contributed by atoms with van der Waals surface area (Å²) < 4.78 is 0. The topological polar surface area (TPSA) is 17.1 Å². The fourth-order valence-electron chi connectivity index (χ4n) is 2.43. The first-order valence-electron chi connectivity index (χ1n) is 4.38. The largest absolute Gasteiger partial charge is 0.299 e. The molecule has 1 nitrogen and oxygen atoms in total. The molecule has 0 spiro atoms. The number of Topliss-reactive ketones (excluding diaryl/α,β-unsaturated/α-hetero) is 1. The summed E-state index contributed by atoms with van der Waals surface area (Å²) >= 11 is 0. The Balaban J connectivity index is 2.16. The van der Waals surface area contributed by atoms with Crippen molar-refractivity contribution in [1.82, 2.24) is 0 Å². The van der Waals surface area contributed by atoms with Crippen LogP contribution in [0.1, 0.15) is 26.2 Å². The molecule has 0 heterocycles. The third-order valence-corrected chi connectivity index (χ3v) is 3.12. The van der Waals surface area contributed by atoms with Crippen LogP contribution in [0.3, 0.4) is 0 Å². The summed E-state index contributed by atoms with van der Waals surface area (Å²) in [6.45, 7) is 5.68. The fraction of sp³-hybridized carbons (Fsp3) is 0.700. The predicted molar refractivity (Wildman–Crippen MR) is 44.1 cm³/mol. The van der Waals surface area contributed by atoms with Crippen LogP contribution < -0.4 is 0 Å². The highest BCUT2D eigenvalue weighted by Gasteiger charge is 2.48. The molecule has 2 aliphatic carbocycles. The molecular formula is C10H14O. The molecule has 3 atom stereocenters. The minimum Gasteiger partial charge on any atom is -0.299 e. The molecule has 0 saturated heterocycles. The van der Waals surface area contributed by atoms with Crippen LogP contribution in [0.25, 0.3) is 0 Å². The standard InChI is InChI=1S/C10H14O/c1-6-3-4-8-5-9(8)10(6)7(2)11/h8-10H,1,3-5H2,2H3/t8-,9?,10-/m1/s1. The third-order valence-electron chi connectivity index (χ3n) is 3.12. The summed E-state index contributed by atoms with van der Waals surface area (Å²) in [7, 11) is 0. The summed E-state index contributed by atoms with van der Waals surface area (Å²) in [5.74, 6) is 2.12. The highest BCUT2D eigenvalue weighted by atomic mass is 16.1.